The fourth-order valence-corrected chi connectivity index (χ4v) is 4.67. The molecule has 2 fully saturated rings. The Hall–Kier alpha value is -1.11. The lowest BCUT2D eigenvalue weighted by molar-refractivity contribution is 0.0874. The maximum atomic E-state index is 12.7. The molecule has 1 nitrogen and oxygen atoms in total. The van der Waals surface area contributed by atoms with Crippen molar-refractivity contribution >= 4 is 5.78 Å². The van der Waals surface area contributed by atoms with Crippen molar-refractivity contribution in [3.63, 3.8) is 0 Å². The predicted octanol–water partition coefficient (Wildman–Crippen LogP) is 4.18. The van der Waals surface area contributed by atoms with Crippen LogP contribution in [0.3, 0.4) is 0 Å². The number of fused-ring (bicyclic) bond motifs is 3. The van der Waals surface area contributed by atoms with Crippen molar-refractivity contribution < 1.29 is 4.79 Å². The molecule has 3 atom stereocenters. The second kappa shape index (κ2) is 4.47. The van der Waals surface area contributed by atoms with E-state index < -0.39 is 0 Å². The molecule has 19 heavy (non-hydrogen) atoms. The number of aryl methyl sites for hydroxylation is 2. The molecule has 1 aromatic rings. The van der Waals surface area contributed by atoms with Crippen LogP contribution in [0.25, 0.3) is 0 Å². The van der Waals surface area contributed by atoms with Crippen LogP contribution in [0, 0.1) is 17.8 Å². The van der Waals surface area contributed by atoms with Crippen LogP contribution in [-0.2, 0) is 12.8 Å². The average Bonchev–Trinajstić information content (AvgIpc) is 3.08. The van der Waals surface area contributed by atoms with E-state index in [9.17, 15) is 4.79 Å². The molecular formula is C18H22O. The van der Waals surface area contributed by atoms with Gasteiger partial charge < -0.3 is 0 Å². The fourth-order valence-electron chi connectivity index (χ4n) is 4.67. The topological polar surface area (TPSA) is 17.1 Å². The second-order valence-corrected chi connectivity index (χ2v) is 6.84. The van der Waals surface area contributed by atoms with Gasteiger partial charge in [0.2, 0.25) is 0 Å². The monoisotopic (exact) mass is 254 g/mol. The molecule has 2 bridgehead atoms. The Morgan fingerprint density at radius 2 is 1.84 bits per heavy atom. The van der Waals surface area contributed by atoms with Crippen LogP contribution in [0.1, 0.15) is 60.0 Å². The Bertz CT molecular complexity index is 516. The summed E-state index contributed by atoms with van der Waals surface area (Å²) in [6, 6.07) is 6.52. The van der Waals surface area contributed by atoms with Crippen molar-refractivity contribution in [2.75, 3.05) is 0 Å². The van der Waals surface area contributed by atoms with E-state index >= 15 is 0 Å². The third kappa shape index (κ3) is 1.94. The normalized spacial score (nSPS) is 32.3. The average molecular weight is 254 g/mol. The molecule has 1 heteroatoms. The van der Waals surface area contributed by atoms with E-state index in [1.807, 2.05) is 0 Å². The second-order valence-electron chi connectivity index (χ2n) is 6.84. The molecule has 3 unspecified atom stereocenters. The van der Waals surface area contributed by atoms with Gasteiger partial charge in [-0.25, -0.2) is 0 Å². The van der Waals surface area contributed by atoms with E-state index in [4.69, 9.17) is 0 Å². The molecule has 0 spiro atoms. The van der Waals surface area contributed by atoms with Crippen molar-refractivity contribution in [1.82, 2.24) is 0 Å². The summed E-state index contributed by atoms with van der Waals surface area (Å²) in [7, 11) is 0. The number of Topliss-reactive ketones (excluding diaryl/α,β-unsaturated/α-hetero) is 1. The summed E-state index contributed by atoms with van der Waals surface area (Å²) in [5.41, 5.74) is 3.93. The van der Waals surface area contributed by atoms with Gasteiger partial charge in [0.15, 0.2) is 5.78 Å². The molecule has 100 valence electrons. The molecule has 0 N–H and O–H groups in total. The van der Waals surface area contributed by atoms with Gasteiger partial charge in [-0.05, 0) is 74.0 Å². The van der Waals surface area contributed by atoms with Gasteiger partial charge in [0.05, 0.1) is 0 Å². The van der Waals surface area contributed by atoms with Crippen molar-refractivity contribution in [3.8, 4) is 0 Å². The summed E-state index contributed by atoms with van der Waals surface area (Å²) in [5.74, 6) is 2.35. The maximum absolute atomic E-state index is 12.7. The third-order valence-corrected chi connectivity index (χ3v) is 5.71. The molecule has 3 aliphatic carbocycles. The van der Waals surface area contributed by atoms with E-state index in [2.05, 4.69) is 18.2 Å². The van der Waals surface area contributed by atoms with Gasteiger partial charge in [-0.3, -0.25) is 4.79 Å². The van der Waals surface area contributed by atoms with Gasteiger partial charge in [0.25, 0.3) is 0 Å². The molecule has 0 saturated heterocycles. The van der Waals surface area contributed by atoms with Crippen LogP contribution in [0.5, 0.6) is 0 Å². The van der Waals surface area contributed by atoms with Gasteiger partial charge in [-0.15, -0.1) is 0 Å². The summed E-state index contributed by atoms with van der Waals surface area (Å²) < 4.78 is 0. The Balaban J connectivity index is 1.60. The van der Waals surface area contributed by atoms with Crippen LogP contribution >= 0.6 is 0 Å². The quantitative estimate of drug-likeness (QED) is 0.723. The highest BCUT2D eigenvalue weighted by atomic mass is 16.1. The van der Waals surface area contributed by atoms with E-state index in [1.165, 1.54) is 62.5 Å². The van der Waals surface area contributed by atoms with Crippen LogP contribution in [-0.4, -0.2) is 5.78 Å². The number of carbonyl (C=O) groups is 1. The SMILES string of the molecule is O=C(c1ccc2c(c1)CCCC2)C1CC2CCC1C2. The van der Waals surface area contributed by atoms with Gasteiger partial charge >= 0.3 is 0 Å². The van der Waals surface area contributed by atoms with E-state index in [0.717, 1.165) is 11.5 Å². The number of rotatable bonds is 2. The minimum Gasteiger partial charge on any atom is -0.294 e. The van der Waals surface area contributed by atoms with Crippen molar-refractivity contribution in [1.29, 1.82) is 0 Å². The molecule has 3 aliphatic rings. The number of hydrogen-bond acceptors (Lipinski definition) is 1. The van der Waals surface area contributed by atoms with Crippen molar-refractivity contribution in [2.24, 2.45) is 17.8 Å². The molecule has 4 rings (SSSR count). The minimum atomic E-state index is 0.348. The number of carbonyl (C=O) groups excluding carboxylic acids is 1. The summed E-state index contributed by atoms with van der Waals surface area (Å²) in [5, 5.41) is 0. The Morgan fingerprint density at radius 3 is 2.58 bits per heavy atom. The lowest BCUT2D eigenvalue weighted by Gasteiger charge is -2.22. The lowest BCUT2D eigenvalue weighted by Crippen LogP contribution is -2.21. The fraction of sp³-hybridized carbons (Fsp3) is 0.611. The van der Waals surface area contributed by atoms with Gasteiger partial charge in [-0.1, -0.05) is 18.6 Å². The largest absolute Gasteiger partial charge is 0.294 e. The predicted molar refractivity (Wildman–Crippen MR) is 76.4 cm³/mol. The Labute approximate surface area is 115 Å². The van der Waals surface area contributed by atoms with Crippen LogP contribution in [0.4, 0.5) is 0 Å². The van der Waals surface area contributed by atoms with E-state index in [-0.39, 0.29) is 0 Å². The van der Waals surface area contributed by atoms with Crippen molar-refractivity contribution in [2.45, 2.75) is 51.4 Å². The third-order valence-electron chi connectivity index (χ3n) is 5.71. The molecule has 2 saturated carbocycles. The number of benzene rings is 1. The highest BCUT2D eigenvalue weighted by Gasteiger charge is 2.43. The van der Waals surface area contributed by atoms with Crippen LogP contribution in [0.2, 0.25) is 0 Å². The molecule has 0 amide bonds. The first-order chi connectivity index (χ1) is 9.31. The first kappa shape index (κ1) is 11.7. The first-order valence-corrected chi connectivity index (χ1v) is 7.97. The molecule has 0 aromatic heterocycles. The Kier molecular flexibility index (Phi) is 2.75. The standard InChI is InChI=1S/C18H22O/c19-18(17-10-12-5-6-15(17)9-12)16-8-7-13-3-1-2-4-14(13)11-16/h7-8,11-12,15,17H,1-6,9-10H2. The highest BCUT2D eigenvalue weighted by molar-refractivity contribution is 5.98. The summed E-state index contributed by atoms with van der Waals surface area (Å²) in [6.45, 7) is 0. The van der Waals surface area contributed by atoms with Crippen LogP contribution < -0.4 is 0 Å². The van der Waals surface area contributed by atoms with Crippen LogP contribution in [0.15, 0.2) is 18.2 Å². The summed E-state index contributed by atoms with van der Waals surface area (Å²) >= 11 is 0. The highest BCUT2D eigenvalue weighted by Crippen LogP contribution is 2.49. The zero-order valence-electron chi connectivity index (χ0n) is 11.5. The van der Waals surface area contributed by atoms with Gasteiger partial charge in [0.1, 0.15) is 0 Å². The number of ketones is 1. The van der Waals surface area contributed by atoms with E-state index in [0.29, 0.717) is 17.6 Å². The minimum absolute atomic E-state index is 0.348. The summed E-state index contributed by atoms with van der Waals surface area (Å²) in [4.78, 5) is 12.7. The lowest BCUT2D eigenvalue weighted by atomic mass is 9.82. The smallest absolute Gasteiger partial charge is 0.166 e. The molecule has 0 heterocycles. The summed E-state index contributed by atoms with van der Waals surface area (Å²) in [6.07, 6.45) is 10.1. The maximum Gasteiger partial charge on any atom is 0.166 e. The molecule has 0 radical (unpaired) electrons. The van der Waals surface area contributed by atoms with Gasteiger partial charge in [-0.2, -0.15) is 0 Å². The Morgan fingerprint density at radius 1 is 1.00 bits per heavy atom. The van der Waals surface area contributed by atoms with E-state index in [1.54, 1.807) is 0 Å². The molecule has 0 aliphatic heterocycles. The molecule has 1 aromatic carbocycles. The molecular weight excluding hydrogens is 232 g/mol. The first-order valence-electron chi connectivity index (χ1n) is 7.97. The number of hydrogen-bond donors (Lipinski definition) is 0. The zero-order valence-corrected chi connectivity index (χ0v) is 11.5. The zero-order chi connectivity index (χ0) is 12.8. The van der Waals surface area contributed by atoms with Crippen molar-refractivity contribution in [3.05, 3.63) is 34.9 Å². The van der Waals surface area contributed by atoms with Gasteiger partial charge in [0, 0.05) is 11.5 Å².